The van der Waals surface area contributed by atoms with E-state index in [1.807, 2.05) is 12.1 Å². The van der Waals surface area contributed by atoms with Crippen molar-refractivity contribution in [1.82, 2.24) is 0 Å². The van der Waals surface area contributed by atoms with Crippen molar-refractivity contribution in [3.8, 4) is 0 Å². The molecule has 0 saturated carbocycles. The summed E-state index contributed by atoms with van der Waals surface area (Å²) in [6.45, 7) is 1.71. The van der Waals surface area contributed by atoms with Gasteiger partial charge < -0.3 is 10.2 Å². The molecule has 2 heteroatoms. The van der Waals surface area contributed by atoms with Crippen LogP contribution in [0.4, 0.5) is 0 Å². The predicted octanol–water partition coefficient (Wildman–Crippen LogP) is 3.51. The number of hydrogen-bond donors (Lipinski definition) is 2. The molecule has 0 bridgehead atoms. The van der Waals surface area contributed by atoms with Crippen LogP contribution in [0.3, 0.4) is 0 Å². The van der Waals surface area contributed by atoms with Gasteiger partial charge in [0.1, 0.15) is 5.60 Å². The lowest BCUT2D eigenvalue weighted by molar-refractivity contribution is -0.0764. The number of fused-ring (bicyclic) bond motifs is 4. The molecule has 0 aliphatic heterocycles. The summed E-state index contributed by atoms with van der Waals surface area (Å²) in [5.41, 5.74) is 0.853. The van der Waals surface area contributed by atoms with Crippen molar-refractivity contribution in [2.24, 2.45) is 0 Å². The molecule has 0 unspecified atom stereocenters. The first-order valence-electron chi connectivity index (χ1n) is 7.43. The normalized spacial score (nSPS) is 25.2. The van der Waals surface area contributed by atoms with Gasteiger partial charge in [-0.1, -0.05) is 42.5 Å². The third kappa shape index (κ3) is 1.80. The Morgan fingerprint density at radius 2 is 1.76 bits per heavy atom. The number of aliphatic hydroxyl groups is 2. The van der Waals surface area contributed by atoms with Gasteiger partial charge in [-0.05, 0) is 58.5 Å². The summed E-state index contributed by atoms with van der Waals surface area (Å²) in [7, 11) is 0. The zero-order valence-electron chi connectivity index (χ0n) is 12.0. The largest absolute Gasteiger partial charge is 0.390 e. The van der Waals surface area contributed by atoms with Gasteiger partial charge in [-0.25, -0.2) is 0 Å². The molecule has 1 aliphatic rings. The Morgan fingerprint density at radius 3 is 2.62 bits per heavy atom. The average molecular weight is 278 g/mol. The van der Waals surface area contributed by atoms with E-state index in [1.54, 1.807) is 6.92 Å². The Hall–Kier alpha value is -1.90. The van der Waals surface area contributed by atoms with E-state index in [-0.39, 0.29) is 0 Å². The zero-order valence-corrected chi connectivity index (χ0v) is 12.0. The Morgan fingerprint density at radius 1 is 1.00 bits per heavy atom. The highest BCUT2D eigenvalue weighted by Gasteiger charge is 2.37. The predicted molar refractivity (Wildman–Crippen MR) is 85.4 cm³/mol. The van der Waals surface area contributed by atoms with Crippen LogP contribution in [0.2, 0.25) is 0 Å². The molecule has 2 atom stereocenters. The number of rotatable bonds is 0. The maximum Gasteiger partial charge on any atom is 0.113 e. The van der Waals surface area contributed by atoms with Gasteiger partial charge in [-0.3, -0.25) is 0 Å². The summed E-state index contributed by atoms with van der Waals surface area (Å²) in [4.78, 5) is 0. The molecule has 1 aliphatic carbocycles. The van der Waals surface area contributed by atoms with Crippen LogP contribution < -0.4 is 0 Å². The van der Waals surface area contributed by atoms with Crippen molar-refractivity contribution in [1.29, 1.82) is 0 Å². The molecule has 3 aromatic carbocycles. The smallest absolute Gasteiger partial charge is 0.113 e. The molecule has 0 amide bonds. The van der Waals surface area contributed by atoms with E-state index in [0.29, 0.717) is 6.42 Å². The molecule has 0 heterocycles. The van der Waals surface area contributed by atoms with E-state index in [2.05, 4.69) is 36.4 Å². The van der Waals surface area contributed by atoms with E-state index in [0.717, 1.165) is 22.9 Å². The Bertz CT molecular complexity index is 849. The molecule has 21 heavy (non-hydrogen) atoms. The third-order valence-corrected chi connectivity index (χ3v) is 4.85. The van der Waals surface area contributed by atoms with Crippen LogP contribution in [0.15, 0.2) is 48.5 Å². The molecule has 106 valence electrons. The van der Waals surface area contributed by atoms with Crippen molar-refractivity contribution in [3.63, 3.8) is 0 Å². The van der Waals surface area contributed by atoms with Gasteiger partial charge in [0.2, 0.25) is 0 Å². The monoisotopic (exact) mass is 278 g/mol. The summed E-state index contributed by atoms with van der Waals surface area (Å²) in [5.74, 6) is 0. The van der Waals surface area contributed by atoms with Crippen LogP contribution in [0, 0.1) is 0 Å². The van der Waals surface area contributed by atoms with Gasteiger partial charge in [0.05, 0.1) is 6.10 Å². The maximum absolute atomic E-state index is 10.6. The minimum Gasteiger partial charge on any atom is -0.390 e. The minimum absolute atomic E-state index is 0.607. The molecule has 0 saturated heterocycles. The summed E-state index contributed by atoms with van der Waals surface area (Å²) < 4.78 is 0. The van der Waals surface area contributed by atoms with Crippen LogP contribution in [-0.2, 0) is 12.0 Å². The molecule has 0 spiro atoms. The Kier molecular flexibility index (Phi) is 2.62. The number of aryl methyl sites for hydroxylation is 1. The van der Waals surface area contributed by atoms with Crippen LogP contribution in [0.5, 0.6) is 0 Å². The molecular weight excluding hydrogens is 260 g/mol. The third-order valence-electron chi connectivity index (χ3n) is 4.85. The van der Waals surface area contributed by atoms with Crippen LogP contribution in [0.1, 0.15) is 24.5 Å². The van der Waals surface area contributed by atoms with E-state index in [4.69, 9.17) is 0 Å². The lowest BCUT2D eigenvalue weighted by Gasteiger charge is -2.36. The first-order valence-corrected chi connectivity index (χ1v) is 7.43. The van der Waals surface area contributed by atoms with Gasteiger partial charge >= 0.3 is 0 Å². The fraction of sp³-hybridized carbons (Fsp3) is 0.263. The maximum atomic E-state index is 10.6. The Labute approximate surface area is 123 Å². The topological polar surface area (TPSA) is 40.5 Å². The summed E-state index contributed by atoms with van der Waals surface area (Å²) in [6.07, 6.45) is 0.727. The Balaban J connectivity index is 2.07. The van der Waals surface area contributed by atoms with E-state index >= 15 is 0 Å². The van der Waals surface area contributed by atoms with Crippen LogP contribution in [-0.4, -0.2) is 16.3 Å². The number of hydrogen-bond acceptors (Lipinski definition) is 2. The van der Waals surface area contributed by atoms with Crippen molar-refractivity contribution in [2.45, 2.75) is 31.5 Å². The molecule has 2 nitrogen and oxygen atoms in total. The molecule has 0 fully saturated rings. The highest BCUT2D eigenvalue weighted by molar-refractivity contribution is 6.07. The van der Waals surface area contributed by atoms with Crippen LogP contribution in [0.25, 0.3) is 21.5 Å². The van der Waals surface area contributed by atoms with Crippen molar-refractivity contribution >= 4 is 21.5 Å². The molecule has 3 aromatic rings. The first kappa shape index (κ1) is 12.8. The number of benzene rings is 3. The van der Waals surface area contributed by atoms with Gasteiger partial charge in [-0.2, -0.15) is 0 Å². The van der Waals surface area contributed by atoms with Gasteiger partial charge in [0.25, 0.3) is 0 Å². The van der Waals surface area contributed by atoms with Crippen molar-refractivity contribution in [2.75, 3.05) is 0 Å². The van der Waals surface area contributed by atoms with Crippen LogP contribution >= 0.6 is 0 Å². The quantitative estimate of drug-likeness (QED) is 0.618. The fourth-order valence-electron chi connectivity index (χ4n) is 3.53. The van der Waals surface area contributed by atoms with Crippen molar-refractivity contribution in [3.05, 3.63) is 59.7 Å². The SMILES string of the molecule is C[C@]1(O)c2cc3ccc4ccccc4c3cc2CC[C@@H]1O. The van der Waals surface area contributed by atoms with E-state index in [1.165, 1.54) is 16.2 Å². The van der Waals surface area contributed by atoms with E-state index in [9.17, 15) is 10.2 Å². The minimum atomic E-state index is -1.16. The second-order valence-corrected chi connectivity index (χ2v) is 6.22. The first-order chi connectivity index (χ1) is 10.1. The van der Waals surface area contributed by atoms with E-state index < -0.39 is 11.7 Å². The average Bonchev–Trinajstić information content (AvgIpc) is 2.50. The summed E-state index contributed by atoms with van der Waals surface area (Å²) in [6, 6.07) is 16.8. The summed E-state index contributed by atoms with van der Waals surface area (Å²) >= 11 is 0. The lowest BCUT2D eigenvalue weighted by Crippen LogP contribution is -2.40. The molecule has 4 rings (SSSR count). The van der Waals surface area contributed by atoms with Gasteiger partial charge in [0.15, 0.2) is 0 Å². The highest BCUT2D eigenvalue weighted by Crippen LogP contribution is 2.38. The second-order valence-electron chi connectivity index (χ2n) is 6.22. The molecule has 0 radical (unpaired) electrons. The summed E-state index contributed by atoms with van der Waals surface area (Å²) in [5, 5.41) is 25.5. The zero-order chi connectivity index (χ0) is 14.6. The van der Waals surface area contributed by atoms with Gasteiger partial charge in [-0.15, -0.1) is 0 Å². The van der Waals surface area contributed by atoms with Crippen molar-refractivity contribution < 1.29 is 10.2 Å². The second kappa shape index (κ2) is 4.30. The highest BCUT2D eigenvalue weighted by atomic mass is 16.3. The standard InChI is InChI=1S/C19H18O2/c1-19(21)17-11-13-7-6-12-4-2-3-5-15(12)16(13)10-14(17)8-9-18(19)20/h2-7,10-11,18,20-21H,8-9H2,1H3/t18-,19-/m0/s1. The van der Waals surface area contributed by atoms with Gasteiger partial charge in [0, 0.05) is 0 Å². The molecule has 2 N–H and O–H groups in total. The molecular formula is C19H18O2. The fourth-order valence-corrected chi connectivity index (χ4v) is 3.53. The lowest BCUT2D eigenvalue weighted by atomic mass is 9.77. The number of aliphatic hydroxyl groups excluding tert-OH is 1. The molecule has 0 aromatic heterocycles.